The van der Waals surface area contributed by atoms with E-state index in [2.05, 4.69) is 38.2 Å². The van der Waals surface area contributed by atoms with E-state index in [9.17, 15) is 4.79 Å². The van der Waals surface area contributed by atoms with Crippen molar-refractivity contribution in [2.45, 2.75) is 143 Å². The predicted octanol–water partition coefficient (Wildman–Crippen LogP) is 7.93. The van der Waals surface area contributed by atoms with Gasteiger partial charge in [-0.2, -0.15) is 0 Å². The van der Waals surface area contributed by atoms with Gasteiger partial charge in [-0.25, -0.2) is 4.99 Å². The Kier molecular flexibility index (Phi) is 17.4. The molecule has 0 saturated heterocycles. The summed E-state index contributed by atoms with van der Waals surface area (Å²) in [5, 5.41) is 3.11. The van der Waals surface area contributed by atoms with E-state index in [1.54, 1.807) is 6.92 Å². The van der Waals surface area contributed by atoms with Crippen molar-refractivity contribution in [3.63, 3.8) is 0 Å². The van der Waals surface area contributed by atoms with Gasteiger partial charge in [0.2, 0.25) is 5.91 Å². The van der Waals surface area contributed by atoms with Crippen LogP contribution in [0.2, 0.25) is 0 Å². The number of quaternary nitrogens is 1. The van der Waals surface area contributed by atoms with E-state index in [1.165, 1.54) is 109 Å². The smallest absolute Gasteiger partial charge is 0.221 e. The van der Waals surface area contributed by atoms with Crippen LogP contribution in [-0.2, 0) is 4.79 Å². The van der Waals surface area contributed by atoms with Gasteiger partial charge in [0.15, 0.2) is 12.0 Å². The van der Waals surface area contributed by atoms with E-state index in [0.29, 0.717) is 0 Å². The molecule has 2 atom stereocenters. The van der Waals surface area contributed by atoms with Crippen molar-refractivity contribution in [3.05, 3.63) is 12.2 Å². The largest absolute Gasteiger partial charge is 0.307 e. The normalized spacial score (nSPS) is 19.2. The van der Waals surface area contributed by atoms with Crippen LogP contribution in [0, 0.1) is 0 Å². The SMILES string of the molecule is CCCCCCCCCCCCC/C=C/CCCCCC1=NCC[N+]1(CC)C(C)NC(C)=O. The van der Waals surface area contributed by atoms with Crippen molar-refractivity contribution in [1.82, 2.24) is 5.32 Å². The molecule has 1 N–H and O–H groups in total. The number of amidine groups is 1. The lowest BCUT2D eigenvalue weighted by Gasteiger charge is -2.39. The van der Waals surface area contributed by atoms with E-state index in [1.807, 2.05) is 0 Å². The second-order valence-electron chi connectivity index (χ2n) is 10.1. The molecule has 0 saturated carbocycles. The molecular weight excluding hydrogens is 406 g/mol. The number of nitrogens with zero attached hydrogens (tertiary/aromatic N) is 2. The van der Waals surface area contributed by atoms with Gasteiger partial charge in [0, 0.05) is 20.3 Å². The molecule has 0 aromatic heterocycles. The summed E-state index contributed by atoms with van der Waals surface area (Å²) < 4.78 is 0.846. The molecule has 0 aliphatic carbocycles. The van der Waals surface area contributed by atoms with Gasteiger partial charge < -0.3 is 5.32 Å². The van der Waals surface area contributed by atoms with Crippen LogP contribution in [0.4, 0.5) is 0 Å². The fraction of sp³-hybridized carbons (Fsp3) is 0.862. The molecule has 2 unspecified atom stereocenters. The molecule has 0 fully saturated rings. The van der Waals surface area contributed by atoms with E-state index < -0.39 is 0 Å². The Hall–Kier alpha value is -1.16. The van der Waals surface area contributed by atoms with Crippen molar-refractivity contribution >= 4 is 11.7 Å². The summed E-state index contributed by atoms with van der Waals surface area (Å²) in [7, 11) is 0. The Balaban J connectivity index is 2.00. The maximum absolute atomic E-state index is 11.5. The molecule has 192 valence electrons. The zero-order chi connectivity index (χ0) is 24.2. The summed E-state index contributed by atoms with van der Waals surface area (Å²) in [5.41, 5.74) is 0. The van der Waals surface area contributed by atoms with Crippen LogP contribution in [0.5, 0.6) is 0 Å². The monoisotopic (exact) mass is 462 g/mol. The quantitative estimate of drug-likeness (QED) is 0.105. The highest BCUT2D eigenvalue weighted by Gasteiger charge is 2.41. The first-order valence-electron chi connectivity index (χ1n) is 14.4. The van der Waals surface area contributed by atoms with Gasteiger partial charge in [-0.15, -0.1) is 0 Å². The standard InChI is InChI=1S/C29H55N3O/c1-5-7-8-9-10-11-12-13-14-15-16-17-18-19-20-21-22-23-24-29-30-25-26-32(29,6-2)27(3)31-28(4)33/h18-19,27H,5-17,20-26H2,1-4H3/p+1/b19-18+. The zero-order valence-corrected chi connectivity index (χ0v) is 22.7. The van der Waals surface area contributed by atoms with Gasteiger partial charge in [0.25, 0.3) is 0 Å². The number of hydrogen-bond donors (Lipinski definition) is 1. The molecule has 1 amide bonds. The average molecular weight is 463 g/mol. The van der Waals surface area contributed by atoms with E-state index in [-0.39, 0.29) is 12.1 Å². The Morgan fingerprint density at radius 3 is 1.91 bits per heavy atom. The number of rotatable bonds is 21. The Labute approximate surface area is 206 Å². The summed E-state index contributed by atoms with van der Waals surface area (Å²) in [6, 6.07) is 0. The summed E-state index contributed by atoms with van der Waals surface area (Å²) in [6.07, 6.45) is 27.8. The van der Waals surface area contributed by atoms with E-state index >= 15 is 0 Å². The predicted molar refractivity (Wildman–Crippen MR) is 145 cm³/mol. The molecule has 1 rings (SSSR count). The maximum Gasteiger partial charge on any atom is 0.221 e. The first-order valence-corrected chi connectivity index (χ1v) is 14.4. The van der Waals surface area contributed by atoms with Crippen LogP contribution >= 0.6 is 0 Å². The molecule has 4 heteroatoms. The number of amides is 1. The highest BCUT2D eigenvalue weighted by Crippen LogP contribution is 2.23. The highest BCUT2D eigenvalue weighted by molar-refractivity contribution is 5.78. The minimum atomic E-state index is 0.0552. The lowest BCUT2D eigenvalue weighted by molar-refractivity contribution is -0.861. The van der Waals surface area contributed by atoms with Crippen LogP contribution in [0.15, 0.2) is 17.1 Å². The van der Waals surface area contributed by atoms with Crippen molar-refractivity contribution in [2.75, 3.05) is 19.6 Å². The number of unbranched alkanes of at least 4 members (excludes halogenated alkanes) is 14. The first-order chi connectivity index (χ1) is 16.1. The molecule has 0 spiro atoms. The average Bonchev–Trinajstić information content (AvgIpc) is 3.22. The Morgan fingerprint density at radius 2 is 1.39 bits per heavy atom. The summed E-state index contributed by atoms with van der Waals surface area (Å²) >= 11 is 0. The van der Waals surface area contributed by atoms with Crippen LogP contribution in [0.25, 0.3) is 0 Å². The first kappa shape index (κ1) is 29.9. The summed E-state index contributed by atoms with van der Waals surface area (Å²) in [6.45, 7) is 11.2. The molecule has 0 bridgehead atoms. The third-order valence-electron chi connectivity index (χ3n) is 7.44. The van der Waals surface area contributed by atoms with Gasteiger partial charge in [0.1, 0.15) is 6.54 Å². The lowest BCUT2D eigenvalue weighted by Crippen LogP contribution is -2.62. The van der Waals surface area contributed by atoms with Crippen molar-refractivity contribution in [1.29, 1.82) is 0 Å². The van der Waals surface area contributed by atoms with Crippen LogP contribution in [-0.4, -0.2) is 42.0 Å². The van der Waals surface area contributed by atoms with Gasteiger partial charge in [-0.1, -0.05) is 89.7 Å². The van der Waals surface area contributed by atoms with Gasteiger partial charge in [0.05, 0.1) is 13.1 Å². The van der Waals surface area contributed by atoms with Gasteiger partial charge in [-0.3, -0.25) is 9.28 Å². The van der Waals surface area contributed by atoms with Crippen molar-refractivity contribution < 1.29 is 9.28 Å². The van der Waals surface area contributed by atoms with Crippen LogP contribution in [0.1, 0.15) is 137 Å². The van der Waals surface area contributed by atoms with Crippen molar-refractivity contribution in [3.8, 4) is 0 Å². The molecule has 1 heterocycles. The van der Waals surface area contributed by atoms with Crippen LogP contribution in [0.3, 0.4) is 0 Å². The maximum atomic E-state index is 11.5. The summed E-state index contributed by atoms with van der Waals surface area (Å²) in [4.78, 5) is 16.4. The highest BCUT2D eigenvalue weighted by atomic mass is 16.1. The lowest BCUT2D eigenvalue weighted by atomic mass is 10.1. The van der Waals surface area contributed by atoms with E-state index in [4.69, 9.17) is 4.99 Å². The fourth-order valence-electron chi connectivity index (χ4n) is 5.26. The third-order valence-corrected chi connectivity index (χ3v) is 7.44. The molecule has 0 aromatic carbocycles. The number of nitrogens with one attached hydrogen (secondary N) is 1. The summed E-state index contributed by atoms with van der Waals surface area (Å²) in [5.74, 6) is 1.35. The zero-order valence-electron chi connectivity index (χ0n) is 22.7. The molecule has 1 aliphatic heterocycles. The number of carbonyl (C=O) groups excluding carboxylic acids is 1. The molecule has 4 nitrogen and oxygen atoms in total. The van der Waals surface area contributed by atoms with Gasteiger partial charge >= 0.3 is 0 Å². The molecule has 33 heavy (non-hydrogen) atoms. The second-order valence-corrected chi connectivity index (χ2v) is 10.1. The second kappa shape index (κ2) is 19.2. The number of likely N-dealkylation sites (N-methyl/N-ethyl adjacent to an activating group) is 1. The number of hydrogen-bond acceptors (Lipinski definition) is 2. The Bertz CT molecular complexity index is 557. The third kappa shape index (κ3) is 12.8. The number of aliphatic imine (C=N–C) groups is 1. The fourth-order valence-corrected chi connectivity index (χ4v) is 5.26. The Morgan fingerprint density at radius 1 is 0.879 bits per heavy atom. The molecule has 0 aromatic rings. The number of allylic oxidation sites excluding steroid dienone is 2. The molecular formula is C29H56N3O+. The minimum absolute atomic E-state index is 0.0552. The van der Waals surface area contributed by atoms with Crippen LogP contribution < -0.4 is 5.32 Å². The minimum Gasteiger partial charge on any atom is -0.307 e. The molecule has 1 aliphatic rings. The molecule has 0 radical (unpaired) electrons. The topological polar surface area (TPSA) is 41.5 Å². The van der Waals surface area contributed by atoms with E-state index in [0.717, 1.165) is 30.5 Å². The number of carbonyl (C=O) groups is 1. The van der Waals surface area contributed by atoms with Gasteiger partial charge in [-0.05, 0) is 39.0 Å². The van der Waals surface area contributed by atoms with Crippen molar-refractivity contribution in [2.24, 2.45) is 4.99 Å².